The Balaban J connectivity index is 1.79. The second-order valence-corrected chi connectivity index (χ2v) is 7.11. The monoisotopic (exact) mass is 309 g/mol. The number of carbonyl (C=O) groups excluding carboxylic acids is 1. The van der Waals surface area contributed by atoms with Crippen LogP contribution in [0.4, 0.5) is 10.7 Å². The maximum absolute atomic E-state index is 12.3. The fourth-order valence-corrected chi connectivity index (χ4v) is 3.72. The largest absolute Gasteiger partial charge is 0.492 e. The highest BCUT2D eigenvalue weighted by Crippen LogP contribution is 2.45. The van der Waals surface area contributed by atoms with Gasteiger partial charge in [0.25, 0.3) is 5.91 Å². The summed E-state index contributed by atoms with van der Waals surface area (Å²) >= 11 is 1.44. The molecule has 0 radical (unpaired) electrons. The molecule has 2 aliphatic rings. The summed E-state index contributed by atoms with van der Waals surface area (Å²) in [6, 6.07) is 0.334. The predicted octanol–water partition coefficient (Wildman–Crippen LogP) is 2.47. The van der Waals surface area contributed by atoms with E-state index in [-0.39, 0.29) is 5.91 Å². The lowest BCUT2D eigenvalue weighted by atomic mass is 9.85. The number of carbonyl (C=O) groups is 1. The van der Waals surface area contributed by atoms with Crippen molar-refractivity contribution in [3.63, 3.8) is 0 Å². The first-order chi connectivity index (χ1) is 10.1. The van der Waals surface area contributed by atoms with Gasteiger partial charge in [0.1, 0.15) is 15.6 Å². The lowest BCUT2D eigenvalue weighted by molar-refractivity contribution is 0.0956. The third-order valence-corrected chi connectivity index (χ3v) is 5.61. The fourth-order valence-electron chi connectivity index (χ4n) is 2.66. The minimum Gasteiger partial charge on any atom is -0.492 e. The van der Waals surface area contributed by atoms with Crippen molar-refractivity contribution in [2.75, 3.05) is 31.3 Å². The van der Waals surface area contributed by atoms with Crippen LogP contribution in [0.5, 0.6) is 5.75 Å². The number of hydrogen-bond donors (Lipinski definition) is 2. The Labute approximate surface area is 129 Å². The topological polar surface area (TPSA) is 67.6 Å². The van der Waals surface area contributed by atoms with Crippen molar-refractivity contribution in [3.8, 4) is 5.75 Å². The molecule has 6 heteroatoms. The van der Waals surface area contributed by atoms with Crippen LogP contribution in [0.25, 0.3) is 0 Å². The number of nitrogens with zero attached hydrogens (tertiary/aromatic N) is 1. The highest BCUT2D eigenvalue weighted by molar-refractivity contribution is 7.19. The second kappa shape index (κ2) is 5.75. The van der Waals surface area contributed by atoms with Crippen molar-refractivity contribution in [2.24, 2.45) is 5.92 Å². The molecule has 5 nitrogen and oxygen atoms in total. The molecule has 0 spiro atoms. The Bertz CT molecular complexity index is 535. The Kier molecular flexibility index (Phi) is 3.97. The Morgan fingerprint density at radius 2 is 2.14 bits per heavy atom. The summed E-state index contributed by atoms with van der Waals surface area (Å²) in [5.41, 5.74) is 6.59. The van der Waals surface area contributed by atoms with Gasteiger partial charge in [-0.1, -0.05) is 6.42 Å². The van der Waals surface area contributed by atoms with Gasteiger partial charge in [-0.2, -0.15) is 0 Å². The first kappa shape index (κ1) is 14.5. The summed E-state index contributed by atoms with van der Waals surface area (Å²) in [7, 11) is 3.66. The summed E-state index contributed by atoms with van der Waals surface area (Å²) in [6.07, 6.45) is 6.06. The number of thiophene rings is 1. The lowest BCUT2D eigenvalue weighted by Crippen LogP contribution is -2.29. The molecule has 1 aromatic heterocycles. The number of nitrogens with one attached hydrogen (secondary N) is 1. The molecule has 21 heavy (non-hydrogen) atoms. The lowest BCUT2D eigenvalue weighted by Gasteiger charge is -2.30. The molecule has 2 saturated carbocycles. The standard InChI is InChI=1S/C15H23N3O2S/c1-18(8-9-4-3-5-9)15-12(20-2)11(16)13(21-15)14(19)17-10-6-7-10/h9-10H,3-8,16H2,1-2H3,(H,17,19). The van der Waals surface area contributed by atoms with E-state index in [0.29, 0.717) is 22.4 Å². The molecule has 0 aliphatic heterocycles. The van der Waals surface area contributed by atoms with Gasteiger partial charge in [0.05, 0.1) is 7.11 Å². The zero-order valence-corrected chi connectivity index (χ0v) is 13.5. The number of methoxy groups -OCH3 is 1. The van der Waals surface area contributed by atoms with E-state index < -0.39 is 0 Å². The van der Waals surface area contributed by atoms with Gasteiger partial charge in [-0.3, -0.25) is 4.79 Å². The van der Waals surface area contributed by atoms with Crippen LogP contribution in [0.3, 0.4) is 0 Å². The van der Waals surface area contributed by atoms with E-state index >= 15 is 0 Å². The Morgan fingerprint density at radius 3 is 2.67 bits per heavy atom. The van der Waals surface area contributed by atoms with Gasteiger partial charge < -0.3 is 20.7 Å². The van der Waals surface area contributed by atoms with E-state index in [4.69, 9.17) is 10.5 Å². The smallest absolute Gasteiger partial charge is 0.263 e. The van der Waals surface area contributed by atoms with Gasteiger partial charge in [0.2, 0.25) is 0 Å². The van der Waals surface area contributed by atoms with Crippen LogP contribution in [-0.4, -0.2) is 32.7 Å². The molecule has 116 valence electrons. The number of rotatable bonds is 6. The minimum atomic E-state index is -0.0680. The van der Waals surface area contributed by atoms with Crippen LogP contribution in [0, 0.1) is 5.92 Å². The first-order valence-electron chi connectivity index (χ1n) is 7.58. The Hall–Kier alpha value is -1.43. The summed E-state index contributed by atoms with van der Waals surface area (Å²) in [5, 5.41) is 3.96. The van der Waals surface area contributed by atoms with E-state index in [9.17, 15) is 4.79 Å². The molecular weight excluding hydrogens is 286 g/mol. The number of ether oxygens (including phenoxy) is 1. The molecule has 1 amide bonds. The van der Waals surface area contributed by atoms with Crippen molar-refractivity contribution in [2.45, 2.75) is 38.1 Å². The van der Waals surface area contributed by atoms with Crippen LogP contribution in [-0.2, 0) is 0 Å². The first-order valence-corrected chi connectivity index (χ1v) is 8.40. The molecule has 0 saturated heterocycles. The second-order valence-electron chi connectivity index (χ2n) is 6.11. The molecule has 0 bridgehead atoms. The summed E-state index contributed by atoms with van der Waals surface area (Å²) < 4.78 is 5.45. The van der Waals surface area contributed by atoms with E-state index in [1.807, 2.05) is 0 Å². The third-order valence-electron chi connectivity index (χ3n) is 4.31. The van der Waals surface area contributed by atoms with Crippen molar-refractivity contribution in [1.82, 2.24) is 5.32 Å². The summed E-state index contributed by atoms with van der Waals surface area (Å²) in [5.74, 6) is 1.33. The van der Waals surface area contributed by atoms with Crippen molar-refractivity contribution in [3.05, 3.63) is 4.88 Å². The molecule has 2 aliphatic carbocycles. The van der Waals surface area contributed by atoms with Crippen LogP contribution < -0.4 is 20.7 Å². The Morgan fingerprint density at radius 1 is 1.43 bits per heavy atom. The SMILES string of the molecule is COc1c(N(C)CC2CCC2)sc(C(=O)NC2CC2)c1N. The third kappa shape index (κ3) is 2.95. The van der Waals surface area contributed by atoms with Crippen LogP contribution in [0.1, 0.15) is 41.8 Å². The van der Waals surface area contributed by atoms with Crippen molar-refractivity contribution in [1.29, 1.82) is 0 Å². The highest BCUT2D eigenvalue weighted by Gasteiger charge is 2.29. The van der Waals surface area contributed by atoms with E-state index in [1.54, 1.807) is 7.11 Å². The zero-order valence-electron chi connectivity index (χ0n) is 12.6. The summed E-state index contributed by atoms with van der Waals surface area (Å²) in [4.78, 5) is 15.0. The summed E-state index contributed by atoms with van der Waals surface area (Å²) in [6.45, 7) is 1.000. The molecule has 2 fully saturated rings. The van der Waals surface area contributed by atoms with Crippen molar-refractivity contribution >= 4 is 27.9 Å². The van der Waals surface area contributed by atoms with Gasteiger partial charge in [-0.25, -0.2) is 0 Å². The van der Waals surface area contributed by atoms with Gasteiger partial charge in [0, 0.05) is 19.6 Å². The molecular formula is C15H23N3O2S. The quantitative estimate of drug-likeness (QED) is 0.847. The average Bonchev–Trinajstić information content (AvgIpc) is 3.15. The van der Waals surface area contributed by atoms with Crippen LogP contribution in [0.15, 0.2) is 0 Å². The maximum Gasteiger partial charge on any atom is 0.263 e. The number of nitrogen functional groups attached to an aromatic ring is 1. The van der Waals surface area contributed by atoms with Gasteiger partial charge in [-0.15, -0.1) is 11.3 Å². The van der Waals surface area contributed by atoms with E-state index in [1.165, 1.54) is 30.6 Å². The molecule has 0 unspecified atom stereocenters. The van der Waals surface area contributed by atoms with Crippen molar-refractivity contribution < 1.29 is 9.53 Å². The van der Waals surface area contributed by atoms with Gasteiger partial charge >= 0.3 is 0 Å². The van der Waals surface area contributed by atoms with Gasteiger partial charge in [0.15, 0.2) is 5.75 Å². The number of amides is 1. The molecule has 3 rings (SSSR count). The van der Waals surface area contributed by atoms with E-state index in [0.717, 1.165) is 30.3 Å². The number of anilines is 2. The highest BCUT2D eigenvalue weighted by atomic mass is 32.1. The fraction of sp³-hybridized carbons (Fsp3) is 0.667. The molecule has 0 atom stereocenters. The van der Waals surface area contributed by atoms with E-state index in [2.05, 4.69) is 17.3 Å². The molecule has 0 aromatic carbocycles. The average molecular weight is 309 g/mol. The minimum absolute atomic E-state index is 0.0680. The predicted molar refractivity (Wildman–Crippen MR) is 86.4 cm³/mol. The number of nitrogens with two attached hydrogens (primary N) is 1. The zero-order chi connectivity index (χ0) is 15.0. The molecule has 3 N–H and O–H groups in total. The number of hydrogen-bond acceptors (Lipinski definition) is 5. The van der Waals surface area contributed by atoms with Crippen LogP contribution >= 0.6 is 11.3 Å². The maximum atomic E-state index is 12.3. The molecule has 1 aromatic rings. The molecule has 1 heterocycles. The van der Waals surface area contributed by atoms with Crippen LogP contribution in [0.2, 0.25) is 0 Å². The van der Waals surface area contributed by atoms with Gasteiger partial charge in [-0.05, 0) is 31.6 Å². The normalized spacial score (nSPS) is 18.2.